The number of benzene rings is 1. The monoisotopic (exact) mass is 349 g/mol. The second kappa shape index (κ2) is 7.15. The Hall–Kier alpha value is -2.89. The number of hydrogen-bond acceptors (Lipinski definition) is 5. The van der Waals surface area contributed by atoms with E-state index in [9.17, 15) is 0 Å². The van der Waals surface area contributed by atoms with Crippen LogP contribution in [0.4, 0.5) is 5.95 Å². The maximum atomic E-state index is 5.28. The summed E-state index contributed by atoms with van der Waals surface area (Å²) in [5.41, 5.74) is 2.80. The van der Waals surface area contributed by atoms with Gasteiger partial charge in [-0.15, -0.1) is 0 Å². The van der Waals surface area contributed by atoms with Gasteiger partial charge < -0.3 is 14.6 Å². The van der Waals surface area contributed by atoms with Gasteiger partial charge in [0.1, 0.15) is 11.6 Å². The van der Waals surface area contributed by atoms with Crippen LogP contribution in [-0.4, -0.2) is 40.1 Å². The first-order chi connectivity index (χ1) is 12.7. The van der Waals surface area contributed by atoms with Crippen LogP contribution >= 0.6 is 0 Å². The maximum absolute atomic E-state index is 5.28. The first-order valence-electron chi connectivity index (χ1n) is 9.01. The molecule has 1 aliphatic heterocycles. The molecule has 1 saturated heterocycles. The highest BCUT2D eigenvalue weighted by atomic mass is 16.5. The van der Waals surface area contributed by atoms with Crippen LogP contribution in [0.3, 0.4) is 0 Å². The molecule has 2 aromatic heterocycles. The Morgan fingerprint density at radius 3 is 2.73 bits per heavy atom. The highest BCUT2D eigenvalue weighted by molar-refractivity contribution is 5.78. The first-order valence-corrected chi connectivity index (χ1v) is 9.01. The third-order valence-electron chi connectivity index (χ3n) is 4.83. The molecule has 0 aliphatic carbocycles. The molecule has 0 saturated carbocycles. The van der Waals surface area contributed by atoms with Gasteiger partial charge in [0, 0.05) is 37.2 Å². The lowest BCUT2D eigenvalue weighted by atomic mass is 10.0. The molecule has 0 amide bonds. The van der Waals surface area contributed by atoms with E-state index in [1.807, 2.05) is 36.7 Å². The highest BCUT2D eigenvalue weighted by Crippen LogP contribution is 2.31. The van der Waals surface area contributed by atoms with Crippen LogP contribution in [0.5, 0.6) is 5.75 Å². The molecule has 6 heteroatoms. The van der Waals surface area contributed by atoms with Crippen LogP contribution in [0.1, 0.15) is 19.8 Å². The molecular weight excluding hydrogens is 326 g/mol. The first kappa shape index (κ1) is 16.6. The van der Waals surface area contributed by atoms with Crippen molar-refractivity contribution in [2.45, 2.75) is 19.8 Å². The van der Waals surface area contributed by atoms with Gasteiger partial charge in [-0.05, 0) is 43.0 Å². The third kappa shape index (κ3) is 3.27. The van der Waals surface area contributed by atoms with E-state index in [2.05, 4.69) is 26.8 Å². The molecule has 1 N–H and O–H groups in total. The molecule has 134 valence electrons. The van der Waals surface area contributed by atoms with Gasteiger partial charge in [-0.2, -0.15) is 0 Å². The zero-order valence-corrected chi connectivity index (χ0v) is 15.1. The van der Waals surface area contributed by atoms with Gasteiger partial charge in [0.15, 0.2) is 0 Å². The molecule has 0 bridgehead atoms. The summed E-state index contributed by atoms with van der Waals surface area (Å²) in [7, 11) is 1.67. The number of nitrogens with zero attached hydrogens (tertiary/aromatic N) is 4. The number of rotatable bonds is 4. The van der Waals surface area contributed by atoms with Crippen molar-refractivity contribution in [1.29, 1.82) is 0 Å². The molecule has 0 spiro atoms. The number of anilines is 1. The van der Waals surface area contributed by atoms with Crippen LogP contribution in [0.25, 0.3) is 22.6 Å². The number of ether oxygens (including phenoxy) is 1. The fourth-order valence-corrected chi connectivity index (χ4v) is 3.45. The van der Waals surface area contributed by atoms with Gasteiger partial charge in [0.2, 0.25) is 5.95 Å². The smallest absolute Gasteiger partial charge is 0.225 e. The predicted molar refractivity (Wildman–Crippen MR) is 102 cm³/mol. The van der Waals surface area contributed by atoms with Crippen molar-refractivity contribution in [1.82, 2.24) is 19.9 Å². The fourth-order valence-electron chi connectivity index (χ4n) is 3.45. The summed E-state index contributed by atoms with van der Waals surface area (Å²) in [4.78, 5) is 19.4. The minimum atomic E-state index is 0.668. The molecule has 3 aromatic rings. The number of aromatic amines is 1. The number of hydrogen-bond donors (Lipinski definition) is 1. The molecule has 1 unspecified atom stereocenters. The molecule has 6 nitrogen and oxygen atoms in total. The van der Waals surface area contributed by atoms with E-state index in [1.165, 1.54) is 12.8 Å². The van der Waals surface area contributed by atoms with Gasteiger partial charge in [-0.25, -0.2) is 15.0 Å². The molecule has 1 aromatic carbocycles. The second-order valence-corrected chi connectivity index (χ2v) is 6.79. The van der Waals surface area contributed by atoms with Crippen LogP contribution in [0, 0.1) is 5.92 Å². The van der Waals surface area contributed by atoms with Crippen LogP contribution < -0.4 is 9.64 Å². The Labute approximate surface area is 153 Å². The lowest BCUT2D eigenvalue weighted by Gasteiger charge is -2.31. The zero-order valence-electron chi connectivity index (χ0n) is 15.1. The quantitative estimate of drug-likeness (QED) is 0.776. The fraction of sp³-hybridized carbons (Fsp3) is 0.350. The number of methoxy groups -OCH3 is 1. The lowest BCUT2D eigenvalue weighted by Crippen LogP contribution is -2.35. The van der Waals surface area contributed by atoms with Gasteiger partial charge in [0.25, 0.3) is 0 Å². The summed E-state index contributed by atoms with van der Waals surface area (Å²) in [6, 6.07) is 7.95. The average molecular weight is 349 g/mol. The van der Waals surface area contributed by atoms with E-state index < -0.39 is 0 Å². The van der Waals surface area contributed by atoms with E-state index in [1.54, 1.807) is 13.3 Å². The minimum Gasteiger partial charge on any atom is -0.497 e. The number of nitrogens with one attached hydrogen (secondary N) is 1. The lowest BCUT2D eigenvalue weighted by molar-refractivity contribution is 0.415. The van der Waals surface area contributed by atoms with Crippen molar-refractivity contribution >= 4 is 5.95 Å². The summed E-state index contributed by atoms with van der Waals surface area (Å²) < 4.78 is 5.28. The van der Waals surface area contributed by atoms with Crippen molar-refractivity contribution in [3.63, 3.8) is 0 Å². The van der Waals surface area contributed by atoms with Crippen molar-refractivity contribution in [2.75, 3.05) is 25.1 Å². The maximum Gasteiger partial charge on any atom is 0.225 e. The van der Waals surface area contributed by atoms with Crippen molar-refractivity contribution < 1.29 is 4.74 Å². The summed E-state index contributed by atoms with van der Waals surface area (Å²) in [5.74, 6) is 3.06. The molecule has 26 heavy (non-hydrogen) atoms. The average Bonchev–Trinajstić information content (AvgIpc) is 3.22. The highest BCUT2D eigenvalue weighted by Gasteiger charge is 2.21. The minimum absolute atomic E-state index is 0.668. The number of imidazole rings is 1. The van der Waals surface area contributed by atoms with E-state index >= 15 is 0 Å². The topological polar surface area (TPSA) is 66.9 Å². The number of aromatic nitrogens is 4. The predicted octanol–water partition coefficient (Wildman–Crippen LogP) is 3.78. The summed E-state index contributed by atoms with van der Waals surface area (Å²) in [6.45, 7) is 4.29. The molecule has 1 aliphatic rings. The normalized spacial score (nSPS) is 17.3. The van der Waals surface area contributed by atoms with E-state index in [-0.39, 0.29) is 0 Å². The molecule has 4 rings (SSSR count). The van der Waals surface area contributed by atoms with Gasteiger partial charge >= 0.3 is 0 Å². The van der Waals surface area contributed by atoms with E-state index in [0.29, 0.717) is 5.92 Å². The van der Waals surface area contributed by atoms with Crippen LogP contribution in [0.15, 0.2) is 42.9 Å². The summed E-state index contributed by atoms with van der Waals surface area (Å²) in [6.07, 6.45) is 7.88. The Morgan fingerprint density at radius 1 is 1.19 bits per heavy atom. The van der Waals surface area contributed by atoms with Crippen molar-refractivity contribution in [2.24, 2.45) is 5.92 Å². The standard InChI is InChI=1S/C20H23N5O/c1-14-4-3-11-25(13-14)20-23-12-17(19-21-9-10-22-19)18(24-20)15-5-7-16(26-2)8-6-15/h5-10,12,14H,3-4,11,13H2,1-2H3,(H,21,22). The van der Waals surface area contributed by atoms with Crippen LogP contribution in [-0.2, 0) is 0 Å². The van der Waals surface area contributed by atoms with E-state index in [4.69, 9.17) is 9.72 Å². The molecular formula is C20H23N5O. The second-order valence-electron chi connectivity index (χ2n) is 6.79. The summed E-state index contributed by atoms with van der Waals surface area (Å²) in [5, 5.41) is 0. The Kier molecular flexibility index (Phi) is 4.56. The number of piperidine rings is 1. The number of H-pyrrole nitrogens is 1. The third-order valence-corrected chi connectivity index (χ3v) is 4.83. The van der Waals surface area contributed by atoms with E-state index in [0.717, 1.165) is 47.4 Å². The molecule has 0 radical (unpaired) electrons. The largest absolute Gasteiger partial charge is 0.497 e. The van der Waals surface area contributed by atoms with Gasteiger partial charge in [0.05, 0.1) is 18.4 Å². The molecule has 1 atom stereocenters. The Bertz CT molecular complexity index is 860. The zero-order chi connectivity index (χ0) is 17.9. The van der Waals surface area contributed by atoms with Crippen LogP contribution in [0.2, 0.25) is 0 Å². The Balaban J connectivity index is 1.77. The van der Waals surface area contributed by atoms with Crippen molar-refractivity contribution in [3.8, 4) is 28.4 Å². The van der Waals surface area contributed by atoms with Gasteiger partial charge in [-0.1, -0.05) is 6.92 Å². The van der Waals surface area contributed by atoms with Crippen molar-refractivity contribution in [3.05, 3.63) is 42.9 Å². The summed E-state index contributed by atoms with van der Waals surface area (Å²) >= 11 is 0. The molecule has 1 fully saturated rings. The van der Waals surface area contributed by atoms with Gasteiger partial charge in [-0.3, -0.25) is 0 Å². The molecule has 3 heterocycles. The SMILES string of the molecule is COc1ccc(-c2nc(N3CCCC(C)C3)ncc2-c2ncc[nH]2)cc1. The Morgan fingerprint density at radius 2 is 2.04 bits per heavy atom.